The van der Waals surface area contributed by atoms with Crippen LogP contribution >= 0.6 is 11.3 Å². The van der Waals surface area contributed by atoms with Gasteiger partial charge in [-0.1, -0.05) is 0 Å². The Bertz CT molecular complexity index is 561. The minimum atomic E-state index is -4.00. The van der Waals surface area contributed by atoms with E-state index in [1.807, 2.05) is 0 Å². The minimum absolute atomic E-state index is 0.395. The van der Waals surface area contributed by atoms with E-state index < -0.39 is 15.9 Å². The van der Waals surface area contributed by atoms with Crippen molar-refractivity contribution in [2.75, 3.05) is 0 Å². The molecule has 0 aliphatic rings. The van der Waals surface area contributed by atoms with Gasteiger partial charge in [0.2, 0.25) is 0 Å². The Balaban J connectivity index is 2.57. The predicted molar refractivity (Wildman–Crippen MR) is 52.7 cm³/mol. The summed E-state index contributed by atoms with van der Waals surface area (Å²) in [6, 6.07) is 1.56. The van der Waals surface area contributed by atoms with E-state index in [-0.39, 0.29) is 0 Å². The number of thiazole rings is 1. The van der Waals surface area contributed by atoms with Gasteiger partial charge in [-0.2, -0.15) is 8.42 Å². The van der Waals surface area contributed by atoms with Crippen molar-refractivity contribution in [2.45, 2.75) is 5.75 Å². The molecule has 5 nitrogen and oxygen atoms in total. The number of hydrogen-bond acceptors (Lipinski definition) is 5. The summed E-state index contributed by atoms with van der Waals surface area (Å²) < 4.78 is 30.8. The molecule has 0 aromatic carbocycles. The molecule has 0 saturated carbocycles. The highest BCUT2D eigenvalue weighted by Gasteiger charge is 2.11. The smallest absolute Gasteiger partial charge is 0.269 e. The molecule has 0 bridgehead atoms. The lowest BCUT2D eigenvalue weighted by Gasteiger charge is -1.98. The van der Waals surface area contributed by atoms with E-state index >= 15 is 0 Å². The summed E-state index contributed by atoms with van der Waals surface area (Å²) in [5.41, 5.74) is 2.63. The van der Waals surface area contributed by atoms with Crippen molar-refractivity contribution in [1.29, 1.82) is 0 Å². The Kier molecular flexibility index (Phi) is 2.22. The highest BCUT2D eigenvalue weighted by molar-refractivity contribution is 7.85. The van der Waals surface area contributed by atoms with Gasteiger partial charge in [-0.3, -0.25) is 4.55 Å². The molecule has 7 heteroatoms. The zero-order valence-corrected chi connectivity index (χ0v) is 8.55. The van der Waals surface area contributed by atoms with E-state index in [2.05, 4.69) is 9.97 Å². The monoisotopic (exact) mass is 230 g/mol. The van der Waals surface area contributed by atoms with E-state index in [1.165, 1.54) is 17.5 Å². The van der Waals surface area contributed by atoms with Crippen molar-refractivity contribution in [3.8, 4) is 0 Å². The lowest BCUT2D eigenvalue weighted by molar-refractivity contribution is 0.482. The van der Waals surface area contributed by atoms with Crippen molar-refractivity contribution in [1.82, 2.24) is 9.97 Å². The molecule has 0 fully saturated rings. The largest absolute Gasteiger partial charge is 0.285 e. The molecule has 74 valence electrons. The van der Waals surface area contributed by atoms with Crippen LogP contribution < -0.4 is 0 Å². The molecule has 0 radical (unpaired) electrons. The summed E-state index contributed by atoms with van der Waals surface area (Å²) in [6.07, 6.45) is 1.47. The molecular weight excluding hydrogens is 224 g/mol. The lowest BCUT2D eigenvalue weighted by Crippen LogP contribution is -2.01. The fourth-order valence-corrected chi connectivity index (χ4v) is 2.62. The predicted octanol–water partition coefficient (Wildman–Crippen LogP) is 1.08. The molecule has 0 aliphatic heterocycles. The maximum atomic E-state index is 10.7. The third kappa shape index (κ3) is 1.89. The molecule has 0 atom stereocenters. The highest BCUT2D eigenvalue weighted by atomic mass is 32.2. The summed E-state index contributed by atoms with van der Waals surface area (Å²) in [6.45, 7) is 0. The first kappa shape index (κ1) is 9.50. The molecule has 2 aromatic rings. The molecule has 2 rings (SSSR count). The zero-order chi connectivity index (χ0) is 10.2. The quantitative estimate of drug-likeness (QED) is 0.781. The summed E-state index contributed by atoms with van der Waals surface area (Å²) in [4.78, 5) is 7.90. The third-order valence-electron chi connectivity index (χ3n) is 1.65. The van der Waals surface area contributed by atoms with Crippen molar-refractivity contribution < 1.29 is 13.0 Å². The first-order valence-corrected chi connectivity index (χ1v) is 6.17. The van der Waals surface area contributed by atoms with Crippen LogP contribution in [-0.4, -0.2) is 22.9 Å². The SMILES string of the molecule is O=S(=O)(O)Cc1ccnc2ncsc12. The second kappa shape index (κ2) is 3.26. The second-order valence-corrected chi connectivity index (χ2v) is 5.01. The fourth-order valence-electron chi connectivity index (χ4n) is 1.14. The molecule has 14 heavy (non-hydrogen) atoms. The van der Waals surface area contributed by atoms with E-state index in [4.69, 9.17) is 4.55 Å². The molecule has 1 N–H and O–H groups in total. The van der Waals surface area contributed by atoms with E-state index in [0.717, 1.165) is 0 Å². The van der Waals surface area contributed by atoms with Crippen molar-refractivity contribution in [3.63, 3.8) is 0 Å². The molecule has 0 amide bonds. The Morgan fingerprint density at radius 2 is 2.21 bits per heavy atom. The van der Waals surface area contributed by atoms with Gasteiger partial charge < -0.3 is 0 Å². The van der Waals surface area contributed by atoms with Crippen LogP contribution in [0, 0.1) is 0 Å². The molecule has 0 unspecified atom stereocenters. The Hall–Kier alpha value is -1.05. The molecule has 0 spiro atoms. The second-order valence-electron chi connectivity index (χ2n) is 2.70. The summed E-state index contributed by atoms with van der Waals surface area (Å²) in [5, 5.41) is 0. The maximum absolute atomic E-state index is 10.7. The average Bonchev–Trinajstić information content (AvgIpc) is 2.49. The third-order valence-corrected chi connectivity index (χ3v) is 3.22. The average molecular weight is 230 g/mol. The van der Waals surface area contributed by atoms with Crippen LogP contribution in [0.3, 0.4) is 0 Å². The number of pyridine rings is 1. The summed E-state index contributed by atoms with van der Waals surface area (Å²) in [5.74, 6) is -0.395. The van der Waals surface area contributed by atoms with Crippen LogP contribution in [-0.2, 0) is 15.9 Å². The fraction of sp³-hybridized carbons (Fsp3) is 0.143. The van der Waals surface area contributed by atoms with Crippen LogP contribution in [0.25, 0.3) is 10.3 Å². The summed E-state index contributed by atoms with van der Waals surface area (Å²) >= 11 is 1.31. The first-order chi connectivity index (χ1) is 6.56. The van der Waals surface area contributed by atoms with Gasteiger partial charge >= 0.3 is 0 Å². The van der Waals surface area contributed by atoms with E-state index in [0.29, 0.717) is 15.9 Å². The maximum Gasteiger partial charge on any atom is 0.269 e. The number of rotatable bonds is 2. The van der Waals surface area contributed by atoms with Gasteiger partial charge in [0.1, 0.15) is 5.75 Å². The van der Waals surface area contributed by atoms with Crippen LogP contribution in [0.2, 0.25) is 0 Å². The lowest BCUT2D eigenvalue weighted by atomic mass is 10.3. The molecule has 0 aliphatic carbocycles. The van der Waals surface area contributed by atoms with Gasteiger partial charge in [-0.05, 0) is 11.6 Å². The van der Waals surface area contributed by atoms with E-state index in [9.17, 15) is 8.42 Å². The van der Waals surface area contributed by atoms with Gasteiger partial charge in [0, 0.05) is 6.20 Å². The van der Waals surface area contributed by atoms with Gasteiger partial charge in [-0.25, -0.2) is 9.97 Å². The van der Waals surface area contributed by atoms with Crippen molar-refractivity contribution in [2.24, 2.45) is 0 Å². The van der Waals surface area contributed by atoms with E-state index in [1.54, 1.807) is 11.6 Å². The van der Waals surface area contributed by atoms with Crippen LogP contribution in [0.1, 0.15) is 5.56 Å². The summed E-state index contributed by atoms with van der Waals surface area (Å²) in [7, 11) is -4.00. The Morgan fingerprint density at radius 1 is 1.43 bits per heavy atom. The molecular formula is C7H6N2O3S2. The number of fused-ring (bicyclic) bond motifs is 1. The number of hydrogen-bond donors (Lipinski definition) is 1. The Morgan fingerprint density at radius 3 is 2.93 bits per heavy atom. The number of aromatic nitrogens is 2. The zero-order valence-electron chi connectivity index (χ0n) is 6.91. The van der Waals surface area contributed by atoms with Crippen molar-refractivity contribution in [3.05, 3.63) is 23.3 Å². The van der Waals surface area contributed by atoms with Crippen molar-refractivity contribution >= 4 is 31.8 Å². The first-order valence-electron chi connectivity index (χ1n) is 3.68. The topological polar surface area (TPSA) is 80.2 Å². The normalized spacial score (nSPS) is 12.1. The molecule has 0 saturated heterocycles. The Labute approximate surface area is 84.2 Å². The highest BCUT2D eigenvalue weighted by Crippen LogP contribution is 2.21. The van der Waals surface area contributed by atoms with Gasteiger partial charge in [0.25, 0.3) is 10.1 Å². The number of nitrogens with zero attached hydrogens (tertiary/aromatic N) is 2. The molecule has 2 heterocycles. The van der Waals surface area contributed by atoms with Gasteiger partial charge in [0.05, 0.1) is 10.2 Å². The molecule has 2 aromatic heterocycles. The van der Waals surface area contributed by atoms with Gasteiger partial charge in [0.15, 0.2) is 5.65 Å². The van der Waals surface area contributed by atoms with Crippen LogP contribution in [0.5, 0.6) is 0 Å². The minimum Gasteiger partial charge on any atom is -0.285 e. The van der Waals surface area contributed by atoms with Crippen LogP contribution in [0.4, 0.5) is 0 Å². The standard InChI is InChI=1S/C7H6N2O3S2/c10-14(11,12)3-5-1-2-8-7-6(5)13-4-9-7/h1-2,4H,3H2,(H,10,11,12). The van der Waals surface area contributed by atoms with Crippen LogP contribution in [0.15, 0.2) is 17.8 Å². The van der Waals surface area contributed by atoms with Gasteiger partial charge in [-0.15, -0.1) is 11.3 Å².